The highest BCUT2D eigenvalue weighted by molar-refractivity contribution is 5.87. The fraction of sp³-hybridized carbons (Fsp3) is 0.276. The molecule has 2 atom stereocenters. The maximum absolute atomic E-state index is 12.0. The summed E-state index contributed by atoms with van der Waals surface area (Å²) in [5.41, 5.74) is 1.79. The zero-order valence-electron chi connectivity index (χ0n) is 21.6. The molecule has 3 aromatic carbocycles. The minimum Gasteiger partial charge on any atom is -0.504 e. The van der Waals surface area contributed by atoms with Gasteiger partial charge in [-0.15, -0.1) is 0 Å². The molecule has 0 fully saturated rings. The van der Waals surface area contributed by atoms with E-state index in [0.29, 0.717) is 29.7 Å². The number of methoxy groups -OCH3 is 2. The molecule has 0 unspecified atom stereocenters. The summed E-state index contributed by atoms with van der Waals surface area (Å²) in [6, 6.07) is 13.7. The number of phenolic OH excluding ortho intramolecular Hbond substituents is 3. The number of hydrogen-bond acceptors (Lipinski definition) is 10. The quantitative estimate of drug-likeness (QED) is 0.124. The van der Waals surface area contributed by atoms with E-state index < -0.39 is 24.8 Å². The van der Waals surface area contributed by atoms with E-state index in [1.165, 1.54) is 56.7 Å². The van der Waals surface area contributed by atoms with Gasteiger partial charge in [0.05, 0.1) is 27.4 Å². The van der Waals surface area contributed by atoms with Gasteiger partial charge in [-0.2, -0.15) is 0 Å². The Hall–Kier alpha value is -4.41. The molecule has 0 radical (unpaired) electrons. The third kappa shape index (κ3) is 8.03. The van der Waals surface area contributed by atoms with Crippen LogP contribution >= 0.6 is 0 Å². The normalized spacial score (nSPS) is 12.6. The Morgan fingerprint density at radius 1 is 0.872 bits per heavy atom. The van der Waals surface area contributed by atoms with E-state index in [1.807, 2.05) is 0 Å². The van der Waals surface area contributed by atoms with Gasteiger partial charge >= 0.3 is 5.97 Å². The zero-order valence-corrected chi connectivity index (χ0v) is 21.6. The van der Waals surface area contributed by atoms with Crippen molar-refractivity contribution in [2.45, 2.75) is 25.0 Å². The summed E-state index contributed by atoms with van der Waals surface area (Å²) < 4.78 is 20.9. The highest BCUT2D eigenvalue weighted by atomic mass is 16.5. The molecule has 0 aliphatic carbocycles. The number of aromatic hydroxyl groups is 3. The summed E-state index contributed by atoms with van der Waals surface area (Å²) in [7, 11) is 2.81. The third-order valence-corrected chi connectivity index (χ3v) is 5.85. The van der Waals surface area contributed by atoms with Crippen LogP contribution in [0.25, 0.3) is 6.08 Å². The van der Waals surface area contributed by atoms with Gasteiger partial charge in [-0.05, 0) is 72.0 Å². The van der Waals surface area contributed by atoms with E-state index >= 15 is 0 Å². The average molecular weight is 541 g/mol. The summed E-state index contributed by atoms with van der Waals surface area (Å²) in [5, 5.41) is 50.2. The molecule has 0 amide bonds. The van der Waals surface area contributed by atoms with E-state index in [0.717, 1.165) is 5.56 Å². The molecule has 0 heterocycles. The fourth-order valence-corrected chi connectivity index (χ4v) is 3.73. The van der Waals surface area contributed by atoms with Gasteiger partial charge < -0.3 is 44.5 Å². The van der Waals surface area contributed by atoms with Crippen molar-refractivity contribution in [3.63, 3.8) is 0 Å². The van der Waals surface area contributed by atoms with Crippen LogP contribution in [0.15, 0.2) is 60.7 Å². The van der Waals surface area contributed by atoms with Crippen LogP contribution in [0.3, 0.4) is 0 Å². The number of aryl methyl sites for hydroxylation is 1. The van der Waals surface area contributed by atoms with E-state index in [1.54, 1.807) is 24.3 Å². The lowest BCUT2D eigenvalue weighted by Gasteiger charge is -2.23. The van der Waals surface area contributed by atoms with Gasteiger partial charge in [0.25, 0.3) is 0 Å². The first kappa shape index (κ1) is 29.2. The Balaban J connectivity index is 1.50. The van der Waals surface area contributed by atoms with Crippen molar-refractivity contribution >= 4 is 12.0 Å². The van der Waals surface area contributed by atoms with Crippen LogP contribution < -0.4 is 14.2 Å². The molecule has 5 N–H and O–H groups in total. The SMILES string of the molecule is COc1cc(/C=C/C(=O)OCCCc2ccc(O[C@@H](CO)[C@@H](O)c3ccc(O)c(OC)c3)c(O)c2)ccc1O. The van der Waals surface area contributed by atoms with Crippen LogP contribution in [0.5, 0.6) is 34.5 Å². The number of rotatable bonds is 13. The highest BCUT2D eigenvalue weighted by Gasteiger charge is 2.24. The molecule has 3 rings (SSSR count). The van der Waals surface area contributed by atoms with Gasteiger partial charge in [0.2, 0.25) is 0 Å². The minimum absolute atomic E-state index is 0.00351. The summed E-state index contributed by atoms with van der Waals surface area (Å²) in [6.07, 6.45) is 1.50. The van der Waals surface area contributed by atoms with Crippen LogP contribution in [-0.2, 0) is 16.0 Å². The molecule has 0 bridgehead atoms. The van der Waals surface area contributed by atoms with E-state index in [9.17, 15) is 30.3 Å². The van der Waals surface area contributed by atoms with Gasteiger partial charge in [-0.25, -0.2) is 4.79 Å². The van der Waals surface area contributed by atoms with Gasteiger partial charge in [0, 0.05) is 6.08 Å². The lowest BCUT2D eigenvalue weighted by molar-refractivity contribution is -0.137. The van der Waals surface area contributed by atoms with E-state index in [2.05, 4.69) is 0 Å². The van der Waals surface area contributed by atoms with Crippen molar-refractivity contribution in [3.8, 4) is 34.5 Å². The van der Waals surface area contributed by atoms with Crippen molar-refractivity contribution in [3.05, 3.63) is 77.4 Å². The average Bonchev–Trinajstić information content (AvgIpc) is 2.94. The first-order valence-electron chi connectivity index (χ1n) is 12.1. The second kappa shape index (κ2) is 13.9. The lowest BCUT2D eigenvalue weighted by Crippen LogP contribution is -2.29. The Kier molecular flexibility index (Phi) is 10.4. The molecule has 0 aliphatic heterocycles. The monoisotopic (exact) mass is 540 g/mol. The van der Waals surface area contributed by atoms with Crippen molar-refractivity contribution < 1.29 is 49.3 Å². The molecule has 0 aromatic heterocycles. The summed E-state index contributed by atoms with van der Waals surface area (Å²) in [6.45, 7) is -0.373. The minimum atomic E-state index is -1.26. The molecule has 0 saturated carbocycles. The smallest absolute Gasteiger partial charge is 0.330 e. The molecule has 3 aromatic rings. The fourth-order valence-electron chi connectivity index (χ4n) is 3.73. The molecule has 39 heavy (non-hydrogen) atoms. The number of ether oxygens (including phenoxy) is 4. The number of esters is 1. The maximum Gasteiger partial charge on any atom is 0.330 e. The number of aliphatic hydroxyl groups excluding tert-OH is 2. The first-order valence-corrected chi connectivity index (χ1v) is 12.1. The number of benzene rings is 3. The second-order valence-corrected chi connectivity index (χ2v) is 8.55. The van der Waals surface area contributed by atoms with Crippen molar-refractivity contribution in [1.82, 2.24) is 0 Å². The Bertz CT molecular complexity index is 1290. The predicted molar refractivity (Wildman–Crippen MR) is 142 cm³/mol. The van der Waals surface area contributed by atoms with Gasteiger partial charge in [-0.1, -0.05) is 18.2 Å². The number of aliphatic hydroxyl groups is 2. The van der Waals surface area contributed by atoms with Gasteiger partial charge in [0.15, 0.2) is 40.6 Å². The molecule has 208 valence electrons. The summed E-state index contributed by atoms with van der Waals surface area (Å²) >= 11 is 0. The Morgan fingerprint density at radius 2 is 1.56 bits per heavy atom. The second-order valence-electron chi connectivity index (χ2n) is 8.55. The van der Waals surface area contributed by atoms with Crippen LogP contribution in [-0.4, -0.2) is 65.0 Å². The summed E-state index contributed by atoms with van der Waals surface area (Å²) in [5.74, 6) is -0.251. The van der Waals surface area contributed by atoms with Crippen molar-refractivity contribution in [2.75, 3.05) is 27.4 Å². The molecule has 0 spiro atoms. The predicted octanol–water partition coefficient (Wildman–Crippen LogP) is 3.48. The molecular formula is C29H32O10. The summed E-state index contributed by atoms with van der Waals surface area (Å²) in [4.78, 5) is 12.0. The molecule has 0 aliphatic rings. The maximum atomic E-state index is 12.0. The number of carbonyl (C=O) groups is 1. The molecular weight excluding hydrogens is 508 g/mol. The van der Waals surface area contributed by atoms with Crippen molar-refractivity contribution in [2.24, 2.45) is 0 Å². The molecule has 10 heteroatoms. The van der Waals surface area contributed by atoms with Crippen LogP contribution in [0, 0.1) is 0 Å². The van der Waals surface area contributed by atoms with E-state index in [4.69, 9.17) is 18.9 Å². The third-order valence-electron chi connectivity index (χ3n) is 5.85. The van der Waals surface area contributed by atoms with Crippen molar-refractivity contribution in [1.29, 1.82) is 0 Å². The van der Waals surface area contributed by atoms with Crippen LogP contribution in [0.4, 0.5) is 0 Å². The van der Waals surface area contributed by atoms with Crippen LogP contribution in [0.1, 0.15) is 29.2 Å². The largest absolute Gasteiger partial charge is 0.504 e. The van der Waals surface area contributed by atoms with Crippen LogP contribution in [0.2, 0.25) is 0 Å². The topological polar surface area (TPSA) is 155 Å². The molecule has 10 nitrogen and oxygen atoms in total. The number of carbonyl (C=O) groups excluding carboxylic acids is 1. The Labute approximate surface area is 225 Å². The standard InChI is InChI=1S/C29H32O10/c1-36-25-15-19(5-9-21(25)31)7-12-28(34)38-13-3-4-18-6-11-24(23(33)14-18)39-27(17-30)29(35)20-8-10-22(32)26(16-20)37-2/h5-12,14-16,27,29-33,35H,3-4,13,17H2,1-2H3/b12-7+/t27-,29-/m0/s1. The zero-order chi connectivity index (χ0) is 28.4. The lowest BCUT2D eigenvalue weighted by atomic mass is 10.0. The van der Waals surface area contributed by atoms with Gasteiger partial charge in [-0.3, -0.25) is 0 Å². The Morgan fingerprint density at radius 3 is 2.23 bits per heavy atom. The van der Waals surface area contributed by atoms with E-state index in [-0.39, 0.29) is 35.4 Å². The van der Waals surface area contributed by atoms with Gasteiger partial charge in [0.1, 0.15) is 6.10 Å². The molecule has 0 saturated heterocycles. The number of hydrogen-bond donors (Lipinski definition) is 5. The number of phenols is 3. The first-order chi connectivity index (χ1) is 18.7. The highest BCUT2D eigenvalue weighted by Crippen LogP contribution is 2.33.